The Morgan fingerprint density at radius 2 is 1.42 bits per heavy atom. The number of allylic oxidation sites excluding steroid dienone is 5. The van der Waals surface area contributed by atoms with Crippen molar-refractivity contribution in [3.8, 4) is 16.8 Å². The van der Waals surface area contributed by atoms with Gasteiger partial charge >= 0.3 is 0 Å². The van der Waals surface area contributed by atoms with Gasteiger partial charge in [0.05, 0.1) is 5.52 Å². The minimum absolute atomic E-state index is 0.0172. The van der Waals surface area contributed by atoms with Gasteiger partial charge in [0.15, 0.2) is 0 Å². The molecule has 0 spiro atoms. The fourth-order valence-corrected chi connectivity index (χ4v) is 8.40. The quantitative estimate of drug-likeness (QED) is 0.186. The third-order valence-electron chi connectivity index (χ3n) is 10.8. The second-order valence-electron chi connectivity index (χ2n) is 14.2. The lowest BCUT2D eigenvalue weighted by Crippen LogP contribution is -2.18. The summed E-state index contributed by atoms with van der Waals surface area (Å²) in [7, 11) is 0. The van der Waals surface area contributed by atoms with Gasteiger partial charge in [0.1, 0.15) is 0 Å². The Balaban J connectivity index is 1.11. The van der Waals surface area contributed by atoms with Crippen LogP contribution in [-0.4, -0.2) is 4.57 Å². The topological polar surface area (TPSA) is 8.17 Å². The number of fused-ring (bicyclic) bond motifs is 5. The van der Waals surface area contributed by atoms with Crippen molar-refractivity contribution in [1.29, 1.82) is 0 Å². The number of hydrogen-bond donors (Lipinski definition) is 0. The molecule has 0 fully saturated rings. The Labute approximate surface area is 284 Å². The van der Waals surface area contributed by atoms with Gasteiger partial charge in [-0.05, 0) is 131 Å². The summed E-state index contributed by atoms with van der Waals surface area (Å²) >= 11 is 0. The molecule has 1 unspecified atom stereocenters. The molecule has 2 heteroatoms. The van der Waals surface area contributed by atoms with Gasteiger partial charge in [0, 0.05) is 39.2 Å². The van der Waals surface area contributed by atoms with Crippen LogP contribution in [-0.2, 0) is 11.8 Å². The summed E-state index contributed by atoms with van der Waals surface area (Å²) in [5.74, 6) is 0.580. The molecule has 9 rings (SSSR count). The maximum atomic E-state index is 2.44. The summed E-state index contributed by atoms with van der Waals surface area (Å²) in [6.45, 7) is 7.10. The molecule has 0 saturated carbocycles. The SMILES string of the molecule is CC1C=CC2=C(C1)c1ccc(N(c3ccccc3)c3ccc(-c4ccc5c(c4)c4c(n5-c5ccccc5)C=CCC4)cc3)cc1C2(C)C. The largest absolute Gasteiger partial charge is 0.310 e. The molecular weight excluding hydrogens is 581 g/mol. The number of aromatic nitrogens is 1. The van der Waals surface area contributed by atoms with E-state index in [1.165, 1.54) is 66.9 Å². The van der Waals surface area contributed by atoms with Crippen LogP contribution in [0.2, 0.25) is 0 Å². The van der Waals surface area contributed by atoms with E-state index in [1.54, 1.807) is 0 Å². The minimum Gasteiger partial charge on any atom is -0.310 e. The lowest BCUT2D eigenvalue weighted by molar-refractivity contribution is 0.643. The van der Waals surface area contributed by atoms with Gasteiger partial charge in [0.25, 0.3) is 0 Å². The Bertz CT molecular complexity index is 2280. The van der Waals surface area contributed by atoms with E-state index in [4.69, 9.17) is 0 Å². The van der Waals surface area contributed by atoms with Crippen LogP contribution in [0.5, 0.6) is 0 Å². The van der Waals surface area contributed by atoms with E-state index in [1.807, 2.05) is 0 Å². The third-order valence-corrected chi connectivity index (χ3v) is 10.8. The number of benzene rings is 5. The first-order valence-electron chi connectivity index (χ1n) is 17.4. The van der Waals surface area contributed by atoms with Crippen molar-refractivity contribution in [2.45, 2.75) is 45.4 Å². The molecular formula is C46H40N2. The van der Waals surface area contributed by atoms with Gasteiger partial charge in [-0.25, -0.2) is 0 Å². The van der Waals surface area contributed by atoms with Gasteiger partial charge in [-0.2, -0.15) is 0 Å². The molecule has 0 bridgehead atoms. The smallest absolute Gasteiger partial charge is 0.0538 e. The third kappa shape index (κ3) is 4.54. The molecule has 0 aliphatic heterocycles. The predicted molar refractivity (Wildman–Crippen MR) is 204 cm³/mol. The van der Waals surface area contributed by atoms with Gasteiger partial charge in [-0.1, -0.05) is 99.7 Å². The first kappa shape index (κ1) is 28.8. The summed E-state index contributed by atoms with van der Waals surface area (Å²) in [5.41, 5.74) is 17.1. The fraction of sp³-hybridized carbons (Fsp3) is 0.174. The Morgan fingerprint density at radius 3 is 2.21 bits per heavy atom. The molecule has 2 nitrogen and oxygen atoms in total. The molecule has 3 aliphatic carbocycles. The second-order valence-corrected chi connectivity index (χ2v) is 14.2. The minimum atomic E-state index is -0.0172. The highest BCUT2D eigenvalue weighted by molar-refractivity contribution is 5.94. The molecule has 1 heterocycles. The van der Waals surface area contributed by atoms with E-state index in [0.717, 1.165) is 30.6 Å². The van der Waals surface area contributed by atoms with Crippen LogP contribution in [0.15, 0.2) is 145 Å². The van der Waals surface area contributed by atoms with E-state index in [-0.39, 0.29) is 5.41 Å². The lowest BCUT2D eigenvalue weighted by Gasteiger charge is -2.29. The Hall–Kier alpha value is -5.34. The number of anilines is 3. The standard InChI is InChI=1S/C46H40N2/c1-31-18-26-42-40(28-31)38-25-24-37(30-43(38)46(42,2)3)47(34-12-6-4-7-13-34)36-22-19-32(20-23-36)33-21-27-45-41(29-33)39-16-10-11-17-44(39)48(45)35-14-8-5-9-15-35/h4-9,11-15,17-27,29-31H,10,16,28H2,1-3H3. The summed E-state index contributed by atoms with van der Waals surface area (Å²) in [4.78, 5) is 2.40. The van der Waals surface area contributed by atoms with Crippen LogP contribution in [0.3, 0.4) is 0 Å². The summed E-state index contributed by atoms with van der Waals surface area (Å²) < 4.78 is 2.42. The fourth-order valence-electron chi connectivity index (χ4n) is 8.40. The predicted octanol–water partition coefficient (Wildman–Crippen LogP) is 12.4. The van der Waals surface area contributed by atoms with Crippen LogP contribution in [0.4, 0.5) is 17.1 Å². The highest BCUT2D eigenvalue weighted by Gasteiger charge is 2.38. The van der Waals surface area contributed by atoms with E-state index in [2.05, 4.69) is 176 Å². The van der Waals surface area contributed by atoms with E-state index >= 15 is 0 Å². The van der Waals surface area contributed by atoms with Crippen molar-refractivity contribution in [1.82, 2.24) is 4.57 Å². The summed E-state index contributed by atoms with van der Waals surface area (Å²) in [6.07, 6.45) is 12.7. The van der Waals surface area contributed by atoms with Crippen molar-refractivity contribution < 1.29 is 0 Å². The van der Waals surface area contributed by atoms with Crippen LogP contribution >= 0.6 is 0 Å². The highest BCUT2D eigenvalue weighted by Crippen LogP contribution is 2.52. The molecule has 1 aromatic heterocycles. The van der Waals surface area contributed by atoms with Gasteiger partial charge in [-0.15, -0.1) is 0 Å². The number of nitrogens with zero attached hydrogens (tertiary/aromatic N) is 2. The van der Waals surface area contributed by atoms with Gasteiger partial charge in [0.2, 0.25) is 0 Å². The molecule has 48 heavy (non-hydrogen) atoms. The number of para-hydroxylation sites is 2. The monoisotopic (exact) mass is 620 g/mol. The van der Waals surface area contributed by atoms with Crippen LogP contribution in [0, 0.1) is 5.92 Å². The number of aryl methyl sites for hydroxylation is 1. The number of rotatable bonds is 5. The van der Waals surface area contributed by atoms with Crippen molar-refractivity contribution in [2.75, 3.05) is 4.90 Å². The summed E-state index contributed by atoms with van der Waals surface area (Å²) in [5, 5.41) is 1.35. The van der Waals surface area contributed by atoms with Crippen molar-refractivity contribution in [2.24, 2.45) is 5.92 Å². The maximum absolute atomic E-state index is 2.44. The average molecular weight is 621 g/mol. The molecule has 5 aromatic carbocycles. The molecule has 234 valence electrons. The van der Waals surface area contributed by atoms with Crippen molar-refractivity contribution in [3.05, 3.63) is 168 Å². The molecule has 1 atom stereocenters. The van der Waals surface area contributed by atoms with E-state index in [0.29, 0.717) is 5.92 Å². The Kier molecular flexibility index (Phi) is 6.69. The van der Waals surface area contributed by atoms with Gasteiger partial charge < -0.3 is 9.47 Å². The summed E-state index contributed by atoms with van der Waals surface area (Å²) in [6, 6.07) is 44.8. The zero-order valence-electron chi connectivity index (χ0n) is 27.9. The normalized spacial score (nSPS) is 17.4. The highest BCUT2D eigenvalue weighted by atomic mass is 15.1. The van der Waals surface area contributed by atoms with Crippen molar-refractivity contribution in [3.63, 3.8) is 0 Å². The zero-order chi connectivity index (χ0) is 32.4. The molecule has 0 radical (unpaired) electrons. The molecule has 0 amide bonds. The zero-order valence-corrected chi connectivity index (χ0v) is 27.9. The van der Waals surface area contributed by atoms with E-state index < -0.39 is 0 Å². The number of hydrogen-bond acceptors (Lipinski definition) is 1. The Morgan fingerprint density at radius 1 is 0.708 bits per heavy atom. The molecule has 0 saturated heterocycles. The van der Waals surface area contributed by atoms with Crippen molar-refractivity contribution >= 4 is 39.6 Å². The molecule has 0 N–H and O–H groups in total. The van der Waals surface area contributed by atoms with Crippen LogP contribution in [0.25, 0.3) is 39.4 Å². The lowest BCUT2D eigenvalue weighted by atomic mass is 9.79. The van der Waals surface area contributed by atoms with Crippen LogP contribution in [0.1, 0.15) is 56.0 Å². The van der Waals surface area contributed by atoms with Crippen LogP contribution < -0.4 is 4.90 Å². The van der Waals surface area contributed by atoms with Gasteiger partial charge in [-0.3, -0.25) is 0 Å². The van der Waals surface area contributed by atoms with E-state index in [9.17, 15) is 0 Å². The maximum Gasteiger partial charge on any atom is 0.0538 e. The first-order chi connectivity index (χ1) is 23.5. The average Bonchev–Trinajstić information content (AvgIpc) is 3.57. The molecule has 3 aliphatic rings. The first-order valence-corrected chi connectivity index (χ1v) is 17.4. The molecule has 6 aromatic rings. The second kappa shape index (κ2) is 11.1.